The molecule has 0 radical (unpaired) electrons. The fourth-order valence-corrected chi connectivity index (χ4v) is 1.61. The van der Waals surface area contributed by atoms with Crippen LogP contribution < -0.4 is 11.1 Å². The molecule has 0 spiro atoms. The van der Waals surface area contributed by atoms with E-state index in [4.69, 9.17) is 5.73 Å². The molecule has 0 aliphatic rings. The second-order valence-electron chi connectivity index (χ2n) is 4.81. The fraction of sp³-hybridized carbons (Fsp3) is 0.857. The predicted molar refractivity (Wildman–Crippen MR) is 94.5 cm³/mol. The first kappa shape index (κ1) is 21.8. The summed E-state index contributed by atoms with van der Waals surface area (Å²) in [6.45, 7) is 4.97. The Kier molecular flexibility index (Phi) is 16.2. The van der Waals surface area contributed by atoms with Crippen LogP contribution in [-0.2, 0) is 9.53 Å². The lowest BCUT2D eigenvalue weighted by Crippen LogP contribution is -2.38. The number of halogens is 1. The molecule has 120 valence electrons. The lowest BCUT2D eigenvalue weighted by atomic mass is 10.1. The molecule has 0 aromatic heterocycles. The molecule has 5 nitrogen and oxygen atoms in total. The number of carbonyl (C=O) groups is 1. The number of methoxy groups -OCH3 is 1. The summed E-state index contributed by atoms with van der Waals surface area (Å²) in [4.78, 5) is 15.2. The zero-order chi connectivity index (χ0) is 14.5. The third-order valence-electron chi connectivity index (χ3n) is 3.06. The Morgan fingerprint density at radius 2 is 1.85 bits per heavy atom. The van der Waals surface area contributed by atoms with Gasteiger partial charge in [0.2, 0.25) is 0 Å². The number of nitrogens with one attached hydrogen (secondary N) is 1. The Morgan fingerprint density at radius 1 is 1.25 bits per heavy atom. The number of aliphatic imine (C=N–C) groups is 1. The molecule has 0 rings (SSSR count). The quantitative estimate of drug-likeness (QED) is 0.195. The highest BCUT2D eigenvalue weighted by molar-refractivity contribution is 14.0. The van der Waals surface area contributed by atoms with Crippen molar-refractivity contribution in [3.8, 4) is 0 Å². The summed E-state index contributed by atoms with van der Waals surface area (Å²) in [7, 11) is 1.43. The van der Waals surface area contributed by atoms with Crippen LogP contribution in [0.25, 0.3) is 0 Å². The molecule has 0 aliphatic heterocycles. The highest BCUT2D eigenvalue weighted by Crippen LogP contribution is 2.06. The maximum Gasteiger partial charge on any atom is 0.305 e. The Bertz CT molecular complexity index is 273. The summed E-state index contributed by atoms with van der Waals surface area (Å²) in [5.74, 6) is 0.425. The number of unbranched alkanes of at least 4 members (excludes halogenated alkanes) is 4. The molecule has 0 bridgehead atoms. The normalized spacial score (nSPS) is 12.4. The van der Waals surface area contributed by atoms with E-state index in [-0.39, 0.29) is 29.9 Å². The van der Waals surface area contributed by atoms with Gasteiger partial charge in [0.25, 0.3) is 0 Å². The number of nitrogens with two attached hydrogens (primary N) is 1. The molecular formula is C14H30IN3O2. The highest BCUT2D eigenvalue weighted by atomic mass is 127. The molecule has 0 heterocycles. The van der Waals surface area contributed by atoms with Crippen molar-refractivity contribution < 1.29 is 9.53 Å². The Morgan fingerprint density at radius 3 is 2.45 bits per heavy atom. The number of hydrogen-bond donors (Lipinski definition) is 2. The van der Waals surface area contributed by atoms with Gasteiger partial charge in [0, 0.05) is 19.0 Å². The molecule has 0 amide bonds. The molecule has 20 heavy (non-hydrogen) atoms. The smallest absolute Gasteiger partial charge is 0.305 e. The summed E-state index contributed by atoms with van der Waals surface area (Å²) < 4.78 is 4.58. The minimum Gasteiger partial charge on any atom is -0.469 e. The van der Waals surface area contributed by atoms with Gasteiger partial charge in [-0.1, -0.05) is 26.2 Å². The summed E-state index contributed by atoms with van der Waals surface area (Å²) in [5, 5.41) is 3.14. The van der Waals surface area contributed by atoms with Crippen LogP contribution >= 0.6 is 24.0 Å². The molecule has 0 saturated heterocycles. The van der Waals surface area contributed by atoms with E-state index in [9.17, 15) is 4.79 Å². The van der Waals surface area contributed by atoms with E-state index in [0.717, 1.165) is 45.1 Å². The van der Waals surface area contributed by atoms with Gasteiger partial charge < -0.3 is 15.8 Å². The van der Waals surface area contributed by atoms with Crippen LogP contribution in [0.2, 0.25) is 0 Å². The van der Waals surface area contributed by atoms with E-state index in [1.165, 1.54) is 7.11 Å². The van der Waals surface area contributed by atoms with Crippen molar-refractivity contribution in [1.82, 2.24) is 5.32 Å². The molecular weight excluding hydrogens is 369 g/mol. The summed E-state index contributed by atoms with van der Waals surface area (Å²) in [6, 6.07) is 0.377. The van der Waals surface area contributed by atoms with E-state index < -0.39 is 0 Å². The first-order valence-electron chi connectivity index (χ1n) is 7.23. The monoisotopic (exact) mass is 399 g/mol. The van der Waals surface area contributed by atoms with Gasteiger partial charge in [-0.2, -0.15) is 0 Å². The van der Waals surface area contributed by atoms with Gasteiger partial charge in [-0.15, -0.1) is 24.0 Å². The topological polar surface area (TPSA) is 76.7 Å². The van der Waals surface area contributed by atoms with Crippen molar-refractivity contribution in [2.24, 2.45) is 10.7 Å². The van der Waals surface area contributed by atoms with Crippen molar-refractivity contribution in [2.75, 3.05) is 13.7 Å². The average molecular weight is 399 g/mol. The average Bonchev–Trinajstić information content (AvgIpc) is 2.41. The van der Waals surface area contributed by atoms with Crippen LogP contribution in [0.3, 0.4) is 0 Å². The summed E-state index contributed by atoms with van der Waals surface area (Å²) in [5.41, 5.74) is 5.75. The van der Waals surface area contributed by atoms with Gasteiger partial charge >= 0.3 is 5.97 Å². The largest absolute Gasteiger partial charge is 0.469 e. The fourth-order valence-electron chi connectivity index (χ4n) is 1.61. The Balaban J connectivity index is 0. The van der Waals surface area contributed by atoms with Crippen molar-refractivity contribution in [3.05, 3.63) is 0 Å². The molecule has 1 unspecified atom stereocenters. The van der Waals surface area contributed by atoms with Crippen molar-refractivity contribution in [3.63, 3.8) is 0 Å². The second-order valence-corrected chi connectivity index (χ2v) is 4.81. The minimum absolute atomic E-state index is 0. The molecule has 0 saturated carbocycles. The second kappa shape index (κ2) is 14.9. The molecule has 3 N–H and O–H groups in total. The molecule has 0 aromatic rings. The van der Waals surface area contributed by atoms with E-state index in [1.807, 2.05) is 0 Å². The van der Waals surface area contributed by atoms with Crippen LogP contribution in [0.1, 0.15) is 58.8 Å². The maximum atomic E-state index is 10.9. The number of carbonyl (C=O) groups excluding carboxylic acids is 1. The van der Waals surface area contributed by atoms with Crippen LogP contribution in [0.5, 0.6) is 0 Å². The van der Waals surface area contributed by atoms with E-state index in [2.05, 4.69) is 28.9 Å². The number of rotatable bonds is 10. The molecule has 0 aliphatic carbocycles. The van der Waals surface area contributed by atoms with Gasteiger partial charge in [-0.05, 0) is 26.2 Å². The zero-order valence-corrected chi connectivity index (χ0v) is 15.3. The Labute approximate surface area is 140 Å². The molecule has 1 atom stereocenters. The van der Waals surface area contributed by atoms with Crippen molar-refractivity contribution >= 4 is 35.9 Å². The van der Waals surface area contributed by atoms with Crippen LogP contribution in [0, 0.1) is 0 Å². The number of esters is 1. The van der Waals surface area contributed by atoms with E-state index in [1.54, 1.807) is 0 Å². The third kappa shape index (κ3) is 13.9. The van der Waals surface area contributed by atoms with Gasteiger partial charge in [0.15, 0.2) is 5.96 Å². The number of hydrogen-bond acceptors (Lipinski definition) is 3. The summed E-state index contributed by atoms with van der Waals surface area (Å²) in [6.07, 6.45) is 6.84. The minimum atomic E-state index is -0.117. The maximum absolute atomic E-state index is 10.9. The third-order valence-corrected chi connectivity index (χ3v) is 3.06. The predicted octanol–water partition coefficient (Wildman–Crippen LogP) is 2.82. The number of guanidine groups is 1. The first-order valence-corrected chi connectivity index (χ1v) is 7.23. The Hall–Kier alpha value is -0.530. The van der Waals surface area contributed by atoms with E-state index in [0.29, 0.717) is 18.4 Å². The van der Waals surface area contributed by atoms with E-state index >= 15 is 0 Å². The van der Waals surface area contributed by atoms with Gasteiger partial charge in [-0.3, -0.25) is 9.79 Å². The van der Waals surface area contributed by atoms with Gasteiger partial charge in [-0.25, -0.2) is 0 Å². The SMILES string of the molecule is CCC(C)NC(N)=NCCCCCCCC(=O)OC.I. The van der Waals surface area contributed by atoms with Gasteiger partial charge in [0.1, 0.15) is 0 Å². The molecule has 0 aromatic carbocycles. The van der Waals surface area contributed by atoms with Crippen molar-refractivity contribution in [2.45, 2.75) is 64.8 Å². The van der Waals surface area contributed by atoms with Crippen molar-refractivity contribution in [1.29, 1.82) is 0 Å². The summed E-state index contributed by atoms with van der Waals surface area (Å²) >= 11 is 0. The molecule has 0 fully saturated rings. The lowest BCUT2D eigenvalue weighted by molar-refractivity contribution is -0.140. The highest BCUT2D eigenvalue weighted by Gasteiger charge is 2.00. The molecule has 6 heteroatoms. The van der Waals surface area contributed by atoms with Crippen LogP contribution in [-0.4, -0.2) is 31.6 Å². The number of ether oxygens (including phenoxy) is 1. The van der Waals surface area contributed by atoms with Gasteiger partial charge in [0.05, 0.1) is 7.11 Å². The van der Waals surface area contributed by atoms with Crippen LogP contribution in [0.15, 0.2) is 4.99 Å². The van der Waals surface area contributed by atoms with Crippen LogP contribution in [0.4, 0.5) is 0 Å². The first-order chi connectivity index (χ1) is 9.10. The lowest BCUT2D eigenvalue weighted by Gasteiger charge is -2.11. The standard InChI is InChI=1S/C14H29N3O2.HI/c1-4-12(2)17-14(15)16-11-9-7-5-6-8-10-13(18)19-3;/h12H,4-11H2,1-3H3,(H3,15,16,17);1H. The zero-order valence-electron chi connectivity index (χ0n) is 13.0. The number of nitrogens with zero attached hydrogens (tertiary/aromatic N) is 1.